The van der Waals surface area contributed by atoms with Crippen LogP contribution >= 0.6 is 0 Å². The van der Waals surface area contributed by atoms with Gasteiger partial charge in [0.15, 0.2) is 5.78 Å². The molecular formula is C26H28N4O4. The number of pyridine rings is 2. The molecule has 0 saturated heterocycles. The number of methoxy groups -OCH3 is 1. The highest BCUT2D eigenvalue weighted by Gasteiger charge is 2.26. The minimum absolute atomic E-state index is 0.0844. The molecule has 8 heteroatoms. The second kappa shape index (κ2) is 9.13. The van der Waals surface area contributed by atoms with E-state index in [-0.39, 0.29) is 35.7 Å². The molecule has 1 N–H and O–H groups in total. The Bertz CT molecular complexity index is 1510. The van der Waals surface area contributed by atoms with Crippen LogP contribution in [0.4, 0.5) is 0 Å². The minimum Gasteiger partial charge on any atom is -0.496 e. The predicted octanol–water partition coefficient (Wildman–Crippen LogP) is 3.31. The Labute approximate surface area is 196 Å². The van der Waals surface area contributed by atoms with Crippen molar-refractivity contribution in [2.24, 2.45) is 7.05 Å². The molecule has 0 aliphatic rings. The van der Waals surface area contributed by atoms with Gasteiger partial charge in [-0.15, -0.1) is 0 Å². The number of aromatic amines is 1. The number of fused-ring (bicyclic) bond motifs is 1. The molecule has 0 aliphatic carbocycles. The Hall–Kier alpha value is -3.94. The molecule has 0 bridgehead atoms. The van der Waals surface area contributed by atoms with Crippen LogP contribution in [-0.4, -0.2) is 32.1 Å². The molecule has 8 nitrogen and oxygen atoms in total. The van der Waals surface area contributed by atoms with E-state index in [4.69, 9.17) is 4.74 Å². The number of rotatable bonds is 7. The van der Waals surface area contributed by atoms with Gasteiger partial charge in [-0.05, 0) is 50.1 Å². The zero-order valence-electron chi connectivity index (χ0n) is 20.0. The van der Waals surface area contributed by atoms with Gasteiger partial charge in [0.05, 0.1) is 23.9 Å². The molecule has 0 fully saturated rings. The van der Waals surface area contributed by atoms with Crippen molar-refractivity contribution >= 4 is 11.3 Å². The lowest BCUT2D eigenvalue weighted by atomic mass is 9.93. The van der Waals surface area contributed by atoms with Gasteiger partial charge in [-0.2, -0.15) is 5.10 Å². The van der Waals surface area contributed by atoms with Crippen molar-refractivity contribution in [2.75, 3.05) is 7.11 Å². The molecule has 0 radical (unpaired) electrons. The van der Waals surface area contributed by atoms with E-state index < -0.39 is 0 Å². The summed E-state index contributed by atoms with van der Waals surface area (Å²) in [7, 11) is 3.23. The lowest BCUT2D eigenvalue weighted by molar-refractivity contribution is 0.0983. The van der Waals surface area contributed by atoms with Gasteiger partial charge in [0.1, 0.15) is 5.75 Å². The molecule has 4 heterocycles. The van der Waals surface area contributed by atoms with Crippen LogP contribution in [0.25, 0.3) is 5.52 Å². The largest absolute Gasteiger partial charge is 0.496 e. The molecule has 4 aromatic heterocycles. The number of hydrogen-bond donors (Lipinski definition) is 1. The SMILES string of the molecule is COc1cc(C)[nH]c(=O)c1CCC(=O)c1c(C)c(C(C)c2cccn(C)c2=O)n2ncccc12. The Morgan fingerprint density at radius 2 is 1.97 bits per heavy atom. The van der Waals surface area contributed by atoms with Gasteiger partial charge in [0.2, 0.25) is 0 Å². The lowest BCUT2D eigenvalue weighted by Crippen LogP contribution is -2.22. The van der Waals surface area contributed by atoms with Crippen LogP contribution in [0.3, 0.4) is 0 Å². The third kappa shape index (κ3) is 3.96. The first kappa shape index (κ1) is 23.2. The highest BCUT2D eigenvalue weighted by Crippen LogP contribution is 2.32. The number of nitrogens with one attached hydrogen (secondary N) is 1. The number of Topliss-reactive ketones (excluding diaryl/α,β-unsaturated/α-hetero) is 1. The zero-order chi connectivity index (χ0) is 24.6. The summed E-state index contributed by atoms with van der Waals surface area (Å²) >= 11 is 0. The number of nitrogens with zero attached hydrogens (tertiary/aromatic N) is 3. The van der Waals surface area contributed by atoms with Gasteiger partial charge in [0.25, 0.3) is 11.1 Å². The van der Waals surface area contributed by atoms with Crippen molar-refractivity contribution in [2.45, 2.75) is 39.5 Å². The highest BCUT2D eigenvalue weighted by atomic mass is 16.5. The van der Waals surface area contributed by atoms with Gasteiger partial charge >= 0.3 is 0 Å². The molecule has 0 saturated carbocycles. The van der Waals surface area contributed by atoms with E-state index in [2.05, 4.69) is 10.1 Å². The second-order valence-electron chi connectivity index (χ2n) is 8.56. The molecule has 1 atom stereocenters. The first-order chi connectivity index (χ1) is 16.2. The molecule has 0 amide bonds. The number of carbonyl (C=O) groups is 1. The quantitative estimate of drug-likeness (QED) is 0.427. The standard InChI is InChI=1S/C26H28N4O4/c1-15-14-22(34-5)19(25(32)28-15)10-11-21(31)23-17(3)24(30-20(23)9-6-12-27-30)16(2)18-8-7-13-29(4)26(18)33/h6-9,12-14,16H,10-11H2,1-5H3,(H,28,32). The summed E-state index contributed by atoms with van der Waals surface area (Å²) in [6.07, 6.45) is 3.77. The van der Waals surface area contributed by atoms with Crippen molar-refractivity contribution in [3.8, 4) is 5.75 Å². The zero-order valence-corrected chi connectivity index (χ0v) is 20.0. The fraction of sp³-hybridized carbons (Fsp3) is 0.308. The normalized spacial score (nSPS) is 12.1. The second-order valence-corrected chi connectivity index (χ2v) is 8.56. The van der Waals surface area contributed by atoms with E-state index in [1.54, 1.807) is 47.6 Å². The Morgan fingerprint density at radius 1 is 1.21 bits per heavy atom. The Morgan fingerprint density at radius 3 is 2.71 bits per heavy atom. The molecule has 1 unspecified atom stereocenters. The number of ketones is 1. The number of aryl methyl sites for hydroxylation is 2. The monoisotopic (exact) mass is 460 g/mol. The summed E-state index contributed by atoms with van der Waals surface area (Å²) in [6.45, 7) is 5.62. The van der Waals surface area contributed by atoms with Crippen LogP contribution in [0.5, 0.6) is 5.75 Å². The maximum absolute atomic E-state index is 13.5. The summed E-state index contributed by atoms with van der Waals surface area (Å²) in [5.74, 6) is 0.108. The maximum atomic E-state index is 13.5. The molecular weight excluding hydrogens is 432 g/mol. The fourth-order valence-corrected chi connectivity index (χ4v) is 4.66. The molecule has 4 aromatic rings. The average Bonchev–Trinajstić information content (AvgIpc) is 3.10. The molecule has 0 spiro atoms. The highest BCUT2D eigenvalue weighted by molar-refractivity contribution is 6.04. The van der Waals surface area contributed by atoms with Gasteiger partial charge in [-0.25, -0.2) is 4.52 Å². The van der Waals surface area contributed by atoms with E-state index in [1.807, 2.05) is 32.0 Å². The van der Waals surface area contributed by atoms with Crippen LogP contribution in [0, 0.1) is 13.8 Å². The van der Waals surface area contributed by atoms with E-state index in [0.717, 1.165) is 11.3 Å². The molecule has 0 aliphatic heterocycles. The first-order valence-corrected chi connectivity index (χ1v) is 11.2. The summed E-state index contributed by atoms with van der Waals surface area (Å²) in [6, 6.07) is 9.04. The molecule has 4 rings (SSSR count). The van der Waals surface area contributed by atoms with Crippen molar-refractivity contribution in [1.29, 1.82) is 0 Å². The number of hydrogen-bond acceptors (Lipinski definition) is 5. The molecule has 0 aromatic carbocycles. The van der Waals surface area contributed by atoms with Crippen molar-refractivity contribution in [3.05, 3.63) is 97.1 Å². The predicted molar refractivity (Wildman–Crippen MR) is 130 cm³/mol. The van der Waals surface area contributed by atoms with Gasteiger partial charge < -0.3 is 14.3 Å². The van der Waals surface area contributed by atoms with Crippen LogP contribution in [0.1, 0.15) is 57.7 Å². The number of aromatic nitrogens is 4. The van der Waals surface area contributed by atoms with E-state index >= 15 is 0 Å². The van der Waals surface area contributed by atoms with Crippen molar-refractivity contribution < 1.29 is 9.53 Å². The van der Waals surface area contributed by atoms with Crippen LogP contribution in [0.15, 0.2) is 52.3 Å². The van der Waals surface area contributed by atoms with E-state index in [1.165, 1.54) is 7.11 Å². The summed E-state index contributed by atoms with van der Waals surface area (Å²) in [5.41, 5.74) is 4.27. The van der Waals surface area contributed by atoms with Gasteiger partial charge in [-0.1, -0.05) is 13.0 Å². The van der Waals surface area contributed by atoms with Crippen LogP contribution in [0.2, 0.25) is 0 Å². The Balaban J connectivity index is 1.76. The average molecular weight is 461 g/mol. The molecule has 34 heavy (non-hydrogen) atoms. The number of carbonyl (C=O) groups excluding carboxylic acids is 1. The third-order valence-corrected chi connectivity index (χ3v) is 6.35. The lowest BCUT2D eigenvalue weighted by Gasteiger charge is -2.13. The van der Waals surface area contributed by atoms with Crippen LogP contribution < -0.4 is 15.9 Å². The van der Waals surface area contributed by atoms with E-state index in [0.29, 0.717) is 33.7 Å². The van der Waals surface area contributed by atoms with E-state index in [9.17, 15) is 14.4 Å². The van der Waals surface area contributed by atoms with Gasteiger partial charge in [-0.3, -0.25) is 14.4 Å². The maximum Gasteiger partial charge on any atom is 0.255 e. The van der Waals surface area contributed by atoms with Gasteiger partial charge in [0, 0.05) is 48.6 Å². The number of ether oxygens (including phenoxy) is 1. The molecule has 176 valence electrons. The summed E-state index contributed by atoms with van der Waals surface area (Å²) < 4.78 is 8.66. The fourth-order valence-electron chi connectivity index (χ4n) is 4.66. The van der Waals surface area contributed by atoms with Crippen molar-refractivity contribution in [1.82, 2.24) is 19.2 Å². The van der Waals surface area contributed by atoms with Crippen LogP contribution in [-0.2, 0) is 13.5 Å². The Kier molecular flexibility index (Phi) is 6.24. The minimum atomic E-state index is -0.274. The summed E-state index contributed by atoms with van der Waals surface area (Å²) in [5, 5.41) is 4.49. The number of H-pyrrole nitrogens is 1. The third-order valence-electron chi connectivity index (χ3n) is 6.35. The van der Waals surface area contributed by atoms with Crippen molar-refractivity contribution in [3.63, 3.8) is 0 Å². The first-order valence-electron chi connectivity index (χ1n) is 11.2. The summed E-state index contributed by atoms with van der Waals surface area (Å²) in [4.78, 5) is 41.5. The smallest absolute Gasteiger partial charge is 0.255 e. The topological polar surface area (TPSA) is 98.5 Å².